The lowest BCUT2D eigenvalue weighted by atomic mass is 10.1. The minimum atomic E-state index is -4.53. The zero-order chi connectivity index (χ0) is 22.0. The molecule has 1 atom stereocenters. The second-order valence-corrected chi connectivity index (χ2v) is 7.24. The van der Waals surface area contributed by atoms with E-state index in [2.05, 4.69) is 27.1 Å². The van der Waals surface area contributed by atoms with Gasteiger partial charge in [-0.25, -0.2) is 4.68 Å². The Bertz CT molecular complexity index is 1180. The maximum Gasteiger partial charge on any atom is 0.406 e. The highest BCUT2D eigenvalue weighted by Gasteiger charge is 2.39. The first-order valence-electron chi connectivity index (χ1n) is 9.63. The van der Waals surface area contributed by atoms with Crippen molar-refractivity contribution in [1.29, 1.82) is 0 Å². The molecule has 1 aliphatic rings. The normalized spacial score (nSPS) is 16.3. The van der Waals surface area contributed by atoms with E-state index in [9.17, 15) is 18.0 Å². The molecule has 158 valence electrons. The van der Waals surface area contributed by atoms with Gasteiger partial charge in [-0.1, -0.05) is 29.3 Å². The third-order valence-electron chi connectivity index (χ3n) is 4.92. The van der Waals surface area contributed by atoms with E-state index >= 15 is 0 Å². The van der Waals surface area contributed by atoms with E-state index in [4.69, 9.17) is 0 Å². The van der Waals surface area contributed by atoms with Gasteiger partial charge in [0.15, 0.2) is 5.69 Å². The number of hydrogen-bond donors (Lipinski definition) is 0. The first-order chi connectivity index (χ1) is 14.8. The van der Waals surface area contributed by atoms with Gasteiger partial charge in [0.1, 0.15) is 12.6 Å². The van der Waals surface area contributed by atoms with Crippen molar-refractivity contribution >= 4 is 11.6 Å². The van der Waals surface area contributed by atoms with Crippen molar-refractivity contribution in [3.8, 4) is 11.8 Å². The molecule has 31 heavy (non-hydrogen) atoms. The van der Waals surface area contributed by atoms with Crippen LogP contribution in [-0.2, 0) is 11.2 Å². The number of amides is 1. The number of rotatable bonds is 2. The lowest BCUT2D eigenvalue weighted by molar-refractivity contribution is -0.134. The number of carbonyl (C=O) groups is 1. The van der Waals surface area contributed by atoms with Crippen LogP contribution in [0.2, 0.25) is 0 Å². The number of carbonyl (C=O) groups excluding carboxylic acids is 1. The number of hydrogen-bond acceptors (Lipinski definition) is 4. The Morgan fingerprint density at radius 3 is 2.77 bits per heavy atom. The Morgan fingerprint density at radius 1 is 1.19 bits per heavy atom. The summed E-state index contributed by atoms with van der Waals surface area (Å²) in [6.45, 7) is 0.492. The molecule has 2 aromatic heterocycles. The number of fused-ring (bicyclic) bond motifs is 1. The number of aryl methyl sites for hydroxylation is 2. The third kappa shape index (κ3) is 4.74. The molecule has 3 heterocycles. The molecule has 0 saturated heterocycles. The number of anilines is 1. The second-order valence-electron chi connectivity index (χ2n) is 7.24. The molecule has 9 heteroatoms. The van der Waals surface area contributed by atoms with Crippen molar-refractivity contribution in [3.63, 3.8) is 0 Å². The molecule has 4 rings (SSSR count). The monoisotopic (exact) mass is 425 g/mol. The molecule has 0 saturated carbocycles. The SMILES string of the molecule is Cc1cc(C#Cc2cn(C3CCc4ccccc4N(CC(F)(F)F)C3=O)nn2)ccn1. The maximum absolute atomic E-state index is 13.2. The fraction of sp³-hybridized carbons (Fsp3) is 0.273. The number of pyridine rings is 1. The van der Waals surface area contributed by atoms with E-state index in [1.54, 1.807) is 30.5 Å². The summed E-state index contributed by atoms with van der Waals surface area (Å²) < 4.78 is 40.9. The van der Waals surface area contributed by atoms with Crippen LogP contribution < -0.4 is 4.90 Å². The zero-order valence-corrected chi connectivity index (χ0v) is 16.6. The van der Waals surface area contributed by atoms with E-state index in [0.29, 0.717) is 24.1 Å². The molecular formula is C22H18F3N5O. The Hall–Kier alpha value is -3.67. The number of aromatic nitrogens is 4. The fourth-order valence-corrected chi connectivity index (χ4v) is 3.53. The molecule has 1 aliphatic heterocycles. The van der Waals surface area contributed by atoms with Gasteiger partial charge >= 0.3 is 6.18 Å². The summed E-state index contributed by atoms with van der Waals surface area (Å²) in [4.78, 5) is 18.0. The maximum atomic E-state index is 13.2. The number of nitrogens with zero attached hydrogens (tertiary/aromatic N) is 5. The minimum Gasteiger partial charge on any atom is -0.301 e. The molecule has 1 amide bonds. The van der Waals surface area contributed by atoms with Crippen LogP contribution in [0.4, 0.5) is 18.9 Å². The molecule has 0 fully saturated rings. The molecule has 0 radical (unpaired) electrons. The molecular weight excluding hydrogens is 407 g/mol. The van der Waals surface area contributed by atoms with Gasteiger partial charge in [-0.05, 0) is 49.4 Å². The Kier molecular flexibility index (Phi) is 5.46. The zero-order valence-electron chi connectivity index (χ0n) is 16.6. The highest BCUT2D eigenvalue weighted by atomic mass is 19.4. The van der Waals surface area contributed by atoms with Gasteiger partial charge < -0.3 is 4.90 Å². The van der Waals surface area contributed by atoms with Gasteiger partial charge in [-0.3, -0.25) is 9.78 Å². The number of para-hydroxylation sites is 1. The van der Waals surface area contributed by atoms with Crippen molar-refractivity contribution < 1.29 is 18.0 Å². The Labute approximate surface area is 176 Å². The molecule has 0 bridgehead atoms. The number of benzene rings is 1. The molecule has 3 aromatic rings. The van der Waals surface area contributed by atoms with Crippen LogP contribution in [0.15, 0.2) is 48.8 Å². The molecule has 1 aromatic carbocycles. The van der Waals surface area contributed by atoms with Crippen LogP contribution in [0.1, 0.15) is 35.0 Å². The van der Waals surface area contributed by atoms with Crippen LogP contribution in [0.3, 0.4) is 0 Å². The standard InChI is InChI=1S/C22H18F3N5O/c1-15-12-16(10-11-26-15)6-8-18-13-30(28-27-18)20-9-7-17-4-2-3-5-19(17)29(21(20)31)14-22(23,24)25/h2-5,10-13,20H,7,9,14H2,1H3. The van der Waals surface area contributed by atoms with E-state index in [1.807, 2.05) is 13.0 Å². The second kappa shape index (κ2) is 8.22. The highest BCUT2D eigenvalue weighted by molar-refractivity contribution is 5.97. The van der Waals surface area contributed by atoms with Gasteiger partial charge in [0.05, 0.1) is 6.20 Å². The van der Waals surface area contributed by atoms with E-state index in [0.717, 1.165) is 16.2 Å². The first-order valence-corrected chi connectivity index (χ1v) is 9.63. The van der Waals surface area contributed by atoms with E-state index in [-0.39, 0.29) is 5.69 Å². The summed E-state index contributed by atoms with van der Waals surface area (Å²) in [6.07, 6.45) is -0.639. The van der Waals surface area contributed by atoms with E-state index in [1.165, 1.54) is 16.9 Å². The van der Waals surface area contributed by atoms with Gasteiger partial charge in [0, 0.05) is 23.1 Å². The summed E-state index contributed by atoms with van der Waals surface area (Å²) in [5.74, 6) is 5.14. The summed E-state index contributed by atoms with van der Waals surface area (Å²) in [5, 5.41) is 7.95. The quantitative estimate of drug-likeness (QED) is 0.590. The first kappa shape index (κ1) is 20.6. The van der Waals surface area contributed by atoms with Gasteiger partial charge in [0.25, 0.3) is 5.91 Å². The predicted octanol–water partition coefficient (Wildman–Crippen LogP) is 3.46. The Morgan fingerprint density at radius 2 is 2.00 bits per heavy atom. The summed E-state index contributed by atoms with van der Waals surface area (Å²) in [5.41, 5.74) is 2.87. The molecule has 1 unspecified atom stereocenters. The lowest BCUT2D eigenvalue weighted by Crippen LogP contribution is -2.42. The lowest BCUT2D eigenvalue weighted by Gasteiger charge is -2.26. The van der Waals surface area contributed by atoms with Crippen molar-refractivity contribution in [2.24, 2.45) is 0 Å². The summed E-state index contributed by atoms with van der Waals surface area (Å²) >= 11 is 0. The van der Waals surface area contributed by atoms with Crippen molar-refractivity contribution in [2.75, 3.05) is 11.4 Å². The van der Waals surface area contributed by atoms with Gasteiger partial charge in [-0.15, -0.1) is 5.10 Å². The molecule has 0 aliphatic carbocycles. The highest BCUT2D eigenvalue weighted by Crippen LogP contribution is 2.33. The van der Waals surface area contributed by atoms with Crippen LogP contribution >= 0.6 is 0 Å². The molecule has 0 N–H and O–H groups in total. The average molecular weight is 425 g/mol. The predicted molar refractivity (Wildman–Crippen MR) is 107 cm³/mol. The average Bonchev–Trinajstić information content (AvgIpc) is 3.14. The van der Waals surface area contributed by atoms with Crippen molar-refractivity contribution in [2.45, 2.75) is 32.0 Å². The molecule has 6 nitrogen and oxygen atoms in total. The topological polar surface area (TPSA) is 63.9 Å². The summed E-state index contributed by atoms with van der Waals surface area (Å²) in [7, 11) is 0. The third-order valence-corrected chi connectivity index (χ3v) is 4.92. The van der Waals surface area contributed by atoms with Crippen molar-refractivity contribution in [3.05, 3.63) is 71.3 Å². The van der Waals surface area contributed by atoms with Gasteiger partial charge in [-0.2, -0.15) is 13.2 Å². The minimum absolute atomic E-state index is 0.278. The summed E-state index contributed by atoms with van der Waals surface area (Å²) in [6, 6.07) is 9.32. The Balaban J connectivity index is 1.62. The smallest absolute Gasteiger partial charge is 0.301 e. The largest absolute Gasteiger partial charge is 0.406 e. The molecule has 0 spiro atoms. The number of halogens is 3. The fourth-order valence-electron chi connectivity index (χ4n) is 3.53. The van der Waals surface area contributed by atoms with Crippen LogP contribution in [0, 0.1) is 18.8 Å². The van der Waals surface area contributed by atoms with Crippen LogP contribution in [-0.4, -0.2) is 38.6 Å². The van der Waals surface area contributed by atoms with Crippen LogP contribution in [0.5, 0.6) is 0 Å². The van der Waals surface area contributed by atoms with Crippen LogP contribution in [0.25, 0.3) is 0 Å². The van der Waals surface area contributed by atoms with Gasteiger partial charge in [0.2, 0.25) is 0 Å². The van der Waals surface area contributed by atoms with Crippen molar-refractivity contribution in [1.82, 2.24) is 20.0 Å². The van der Waals surface area contributed by atoms with E-state index < -0.39 is 24.7 Å². The number of alkyl halides is 3.